The van der Waals surface area contributed by atoms with Crippen molar-refractivity contribution in [2.45, 2.75) is 0 Å². The highest BCUT2D eigenvalue weighted by atomic mass is 16.5. The third-order valence-electron chi connectivity index (χ3n) is 1.35. The first-order valence-electron chi connectivity index (χ1n) is 3.55. The molecule has 68 valence electrons. The number of Topliss-reactive ketones (excluding diaryl/α,β-unsaturated/α-hetero) is 1. The summed E-state index contributed by atoms with van der Waals surface area (Å²) >= 11 is 0. The van der Waals surface area contributed by atoms with Crippen molar-refractivity contribution in [2.75, 3.05) is 6.61 Å². The Morgan fingerprint density at radius 2 is 2.00 bits per heavy atom. The van der Waals surface area contributed by atoms with Crippen LogP contribution in [-0.4, -0.2) is 23.5 Å². The van der Waals surface area contributed by atoms with Gasteiger partial charge in [-0.15, -0.1) is 0 Å². The molecule has 5 nitrogen and oxygen atoms in total. The Bertz CT molecular complexity index is 310. The third kappa shape index (κ3) is 2.90. The highest BCUT2D eigenvalue weighted by Gasteiger charge is 2.06. The molecule has 1 aromatic rings. The van der Waals surface area contributed by atoms with Crippen LogP contribution >= 0.6 is 0 Å². The first-order valence-corrected chi connectivity index (χ1v) is 3.55. The van der Waals surface area contributed by atoms with Gasteiger partial charge in [0.2, 0.25) is 5.78 Å². The van der Waals surface area contributed by atoms with E-state index in [4.69, 9.17) is 5.73 Å². The zero-order valence-corrected chi connectivity index (χ0v) is 6.77. The number of rotatable bonds is 3. The van der Waals surface area contributed by atoms with E-state index in [0.717, 1.165) is 0 Å². The SMILES string of the molecule is NC(=O)OCC(=O)c1ccncc1. The maximum absolute atomic E-state index is 11.2. The summed E-state index contributed by atoms with van der Waals surface area (Å²) in [5.74, 6) is -0.304. The second-order valence-electron chi connectivity index (χ2n) is 2.27. The number of pyridine rings is 1. The summed E-state index contributed by atoms with van der Waals surface area (Å²) in [6.07, 6.45) is 2.01. The molecule has 0 saturated carbocycles. The van der Waals surface area contributed by atoms with Gasteiger partial charge in [0.25, 0.3) is 0 Å². The lowest BCUT2D eigenvalue weighted by Gasteiger charge is -1.99. The maximum Gasteiger partial charge on any atom is 0.404 e. The number of ketones is 1. The molecule has 5 heteroatoms. The van der Waals surface area contributed by atoms with Crippen molar-refractivity contribution in [1.29, 1.82) is 0 Å². The van der Waals surface area contributed by atoms with Crippen LogP contribution in [0.25, 0.3) is 0 Å². The molecular formula is C8H8N2O3. The molecule has 0 bridgehead atoms. The molecule has 13 heavy (non-hydrogen) atoms. The number of primary amides is 1. The standard InChI is InChI=1S/C8H8N2O3/c9-8(12)13-5-7(11)6-1-3-10-4-2-6/h1-4H,5H2,(H2,9,12). The zero-order valence-electron chi connectivity index (χ0n) is 6.77. The molecular weight excluding hydrogens is 172 g/mol. The Labute approximate surface area is 74.5 Å². The van der Waals surface area contributed by atoms with Crippen LogP contribution in [0.5, 0.6) is 0 Å². The summed E-state index contributed by atoms with van der Waals surface area (Å²) in [7, 11) is 0. The van der Waals surface area contributed by atoms with E-state index < -0.39 is 6.09 Å². The Balaban J connectivity index is 2.54. The lowest BCUT2D eigenvalue weighted by molar-refractivity contribution is 0.0857. The zero-order chi connectivity index (χ0) is 9.68. The number of aromatic nitrogens is 1. The number of nitrogens with two attached hydrogens (primary N) is 1. The second kappa shape index (κ2) is 4.20. The van der Waals surface area contributed by atoms with Gasteiger partial charge in [0.1, 0.15) is 0 Å². The molecule has 2 N–H and O–H groups in total. The molecule has 0 atom stereocenters. The van der Waals surface area contributed by atoms with E-state index >= 15 is 0 Å². The van der Waals surface area contributed by atoms with E-state index in [1.54, 1.807) is 0 Å². The number of nitrogens with zero attached hydrogens (tertiary/aromatic N) is 1. The van der Waals surface area contributed by atoms with Crippen molar-refractivity contribution in [3.05, 3.63) is 30.1 Å². The molecule has 0 saturated heterocycles. The molecule has 0 fully saturated rings. The topological polar surface area (TPSA) is 82.3 Å². The van der Waals surface area contributed by atoms with Crippen molar-refractivity contribution in [2.24, 2.45) is 5.73 Å². The first-order chi connectivity index (χ1) is 6.20. The van der Waals surface area contributed by atoms with E-state index in [0.29, 0.717) is 5.56 Å². The highest BCUT2D eigenvalue weighted by molar-refractivity contribution is 5.97. The largest absolute Gasteiger partial charge is 0.441 e. The normalized spacial score (nSPS) is 9.23. The number of carbonyl (C=O) groups excluding carboxylic acids is 2. The van der Waals surface area contributed by atoms with Gasteiger partial charge in [0.05, 0.1) is 0 Å². The molecule has 1 rings (SSSR count). The van der Waals surface area contributed by atoms with Gasteiger partial charge < -0.3 is 10.5 Å². The van der Waals surface area contributed by atoms with Gasteiger partial charge in [-0.2, -0.15) is 0 Å². The average molecular weight is 180 g/mol. The summed E-state index contributed by atoms with van der Waals surface area (Å²) in [6, 6.07) is 3.07. The van der Waals surface area contributed by atoms with E-state index in [1.807, 2.05) is 0 Å². The number of hydrogen-bond donors (Lipinski definition) is 1. The predicted molar refractivity (Wildman–Crippen MR) is 44.1 cm³/mol. The van der Waals surface area contributed by atoms with E-state index in [1.165, 1.54) is 24.5 Å². The van der Waals surface area contributed by atoms with Gasteiger partial charge >= 0.3 is 6.09 Å². The summed E-state index contributed by atoms with van der Waals surface area (Å²) in [5.41, 5.74) is 5.13. The van der Waals surface area contributed by atoms with Crippen LogP contribution in [0.15, 0.2) is 24.5 Å². The van der Waals surface area contributed by atoms with Crippen molar-refractivity contribution in [1.82, 2.24) is 4.98 Å². The minimum absolute atomic E-state index is 0.304. The van der Waals surface area contributed by atoms with Crippen LogP contribution in [0.4, 0.5) is 4.79 Å². The smallest absolute Gasteiger partial charge is 0.404 e. The molecule has 1 amide bonds. The van der Waals surface area contributed by atoms with Gasteiger partial charge in [-0.05, 0) is 12.1 Å². The van der Waals surface area contributed by atoms with E-state index in [2.05, 4.69) is 9.72 Å². The molecule has 0 aliphatic heterocycles. The fourth-order valence-electron chi connectivity index (χ4n) is 0.758. The lowest BCUT2D eigenvalue weighted by Crippen LogP contribution is -2.18. The van der Waals surface area contributed by atoms with Crippen molar-refractivity contribution >= 4 is 11.9 Å². The predicted octanol–water partition coefficient (Wildman–Crippen LogP) is 0.360. The molecule has 0 aliphatic carbocycles. The fourth-order valence-corrected chi connectivity index (χ4v) is 0.758. The molecule has 0 spiro atoms. The van der Waals surface area contributed by atoms with Crippen LogP contribution in [0.3, 0.4) is 0 Å². The Morgan fingerprint density at radius 1 is 1.38 bits per heavy atom. The minimum Gasteiger partial charge on any atom is -0.441 e. The van der Waals surface area contributed by atoms with Crippen molar-refractivity contribution in [3.8, 4) is 0 Å². The highest BCUT2D eigenvalue weighted by Crippen LogP contribution is 1.97. The van der Waals surface area contributed by atoms with Crippen molar-refractivity contribution < 1.29 is 14.3 Å². The Kier molecular flexibility index (Phi) is 2.97. The van der Waals surface area contributed by atoms with Gasteiger partial charge in [0.15, 0.2) is 6.61 Å². The molecule has 1 aromatic heterocycles. The van der Waals surface area contributed by atoms with Gasteiger partial charge in [-0.3, -0.25) is 9.78 Å². The number of hydrogen-bond acceptors (Lipinski definition) is 4. The van der Waals surface area contributed by atoms with Crippen LogP contribution in [0.1, 0.15) is 10.4 Å². The summed E-state index contributed by atoms with van der Waals surface area (Å²) < 4.78 is 4.33. The summed E-state index contributed by atoms with van der Waals surface area (Å²) in [5, 5.41) is 0. The Hall–Kier alpha value is -1.91. The summed E-state index contributed by atoms with van der Waals surface area (Å²) in [4.78, 5) is 25.1. The van der Waals surface area contributed by atoms with Crippen LogP contribution in [0, 0.1) is 0 Å². The van der Waals surface area contributed by atoms with Crippen LogP contribution in [0.2, 0.25) is 0 Å². The van der Waals surface area contributed by atoms with Gasteiger partial charge in [-0.25, -0.2) is 4.79 Å². The molecule has 0 unspecified atom stereocenters. The van der Waals surface area contributed by atoms with Crippen molar-refractivity contribution in [3.63, 3.8) is 0 Å². The molecule has 0 aliphatic rings. The third-order valence-corrected chi connectivity index (χ3v) is 1.35. The molecule has 0 radical (unpaired) electrons. The lowest BCUT2D eigenvalue weighted by atomic mass is 10.2. The monoisotopic (exact) mass is 180 g/mol. The van der Waals surface area contributed by atoms with Gasteiger partial charge in [-0.1, -0.05) is 0 Å². The van der Waals surface area contributed by atoms with Gasteiger partial charge in [0, 0.05) is 18.0 Å². The average Bonchev–Trinajstić information content (AvgIpc) is 2.15. The second-order valence-corrected chi connectivity index (χ2v) is 2.27. The fraction of sp³-hybridized carbons (Fsp3) is 0.125. The first kappa shape index (κ1) is 9.18. The number of ether oxygens (including phenoxy) is 1. The number of carbonyl (C=O) groups is 2. The van der Waals surface area contributed by atoms with Crippen LogP contribution < -0.4 is 5.73 Å². The maximum atomic E-state index is 11.2. The van der Waals surface area contributed by atoms with E-state index in [-0.39, 0.29) is 12.4 Å². The summed E-state index contributed by atoms with van der Waals surface area (Å²) in [6.45, 7) is -0.334. The minimum atomic E-state index is -0.956. The number of amides is 1. The quantitative estimate of drug-likeness (QED) is 0.681. The van der Waals surface area contributed by atoms with E-state index in [9.17, 15) is 9.59 Å². The molecule has 1 heterocycles. The molecule has 0 aromatic carbocycles. The Morgan fingerprint density at radius 3 is 2.54 bits per heavy atom. The van der Waals surface area contributed by atoms with Crippen LogP contribution in [-0.2, 0) is 4.74 Å².